The van der Waals surface area contributed by atoms with Crippen molar-refractivity contribution in [3.63, 3.8) is 0 Å². The van der Waals surface area contributed by atoms with E-state index in [2.05, 4.69) is 10.3 Å². The van der Waals surface area contributed by atoms with Crippen LogP contribution in [0, 0.1) is 5.41 Å². The number of benzene rings is 1. The highest BCUT2D eigenvalue weighted by Crippen LogP contribution is 2.51. The SMILES string of the molecule is CC(C)(C)C=N[C@@H](C(=O)N[C@H]1C(=O)N2[C@H]1SC(C)(C)[C@H]2C(=O)OCOC(=O)[C@H]1N2C(=O)C[C@@H]2S(=O)(=O)C1(C)C)c1ccccc1. The Balaban J connectivity index is 1.22. The largest absolute Gasteiger partial charge is 0.426 e. The minimum atomic E-state index is -3.81. The highest BCUT2D eigenvalue weighted by atomic mass is 32.2. The zero-order valence-corrected chi connectivity index (χ0v) is 27.8. The van der Waals surface area contributed by atoms with E-state index >= 15 is 0 Å². The van der Waals surface area contributed by atoms with Gasteiger partial charge >= 0.3 is 11.9 Å². The summed E-state index contributed by atoms with van der Waals surface area (Å²) < 4.78 is 33.5. The number of carbonyl (C=O) groups is 5. The van der Waals surface area contributed by atoms with Crippen LogP contribution >= 0.6 is 11.8 Å². The molecule has 0 bridgehead atoms. The number of β-lactam (4-membered cyclic amide) rings is 2. The number of nitrogens with one attached hydrogen (secondary N) is 1. The predicted molar refractivity (Wildman–Crippen MR) is 164 cm³/mol. The Hall–Kier alpha value is -3.46. The first-order chi connectivity index (χ1) is 20.8. The molecular weight excluding hydrogens is 624 g/mol. The van der Waals surface area contributed by atoms with Crippen molar-refractivity contribution in [2.24, 2.45) is 10.4 Å². The highest BCUT2D eigenvalue weighted by Gasteiger charge is 2.68. The number of rotatable bonds is 8. The monoisotopic (exact) mass is 662 g/mol. The molecule has 4 aliphatic rings. The third-order valence-corrected chi connectivity index (χ3v) is 12.9. The van der Waals surface area contributed by atoms with Gasteiger partial charge in [-0.25, -0.2) is 18.0 Å². The Morgan fingerprint density at radius 1 is 1.04 bits per heavy atom. The second kappa shape index (κ2) is 11.1. The van der Waals surface area contributed by atoms with E-state index in [9.17, 15) is 32.4 Å². The van der Waals surface area contributed by atoms with Crippen molar-refractivity contribution >= 4 is 57.5 Å². The zero-order chi connectivity index (χ0) is 33.3. The Bertz CT molecular complexity index is 1570. The molecule has 5 rings (SSSR count). The van der Waals surface area contributed by atoms with E-state index in [4.69, 9.17) is 9.47 Å². The summed E-state index contributed by atoms with van der Waals surface area (Å²) in [5.74, 6) is -3.21. The second-order valence-corrected chi connectivity index (χ2v) is 18.2. The molecule has 4 aliphatic heterocycles. The smallest absolute Gasteiger partial charge is 0.333 e. The van der Waals surface area contributed by atoms with Crippen LogP contribution in [-0.4, -0.2) is 99.3 Å². The normalized spacial score (nSPS) is 29.7. The molecule has 4 fully saturated rings. The van der Waals surface area contributed by atoms with Crippen molar-refractivity contribution in [1.82, 2.24) is 15.1 Å². The molecule has 13 nitrogen and oxygen atoms in total. The first-order valence-electron chi connectivity index (χ1n) is 14.6. The summed E-state index contributed by atoms with van der Waals surface area (Å²) in [5.41, 5.74) is 0.394. The van der Waals surface area contributed by atoms with Crippen molar-refractivity contribution in [1.29, 1.82) is 0 Å². The lowest BCUT2D eigenvalue weighted by atomic mass is 9.95. The van der Waals surface area contributed by atoms with E-state index in [0.29, 0.717) is 5.56 Å². The molecule has 0 aliphatic carbocycles. The van der Waals surface area contributed by atoms with Crippen LogP contribution in [0.15, 0.2) is 35.3 Å². The lowest BCUT2D eigenvalue weighted by Gasteiger charge is -2.44. The number of sulfone groups is 1. The van der Waals surface area contributed by atoms with E-state index in [1.807, 2.05) is 26.8 Å². The van der Waals surface area contributed by atoms with Gasteiger partial charge in [0.05, 0.1) is 11.2 Å². The summed E-state index contributed by atoms with van der Waals surface area (Å²) in [5, 5.41) is 1.20. The molecule has 4 heterocycles. The molecule has 1 aromatic rings. The number of amides is 3. The maximum Gasteiger partial charge on any atom is 0.333 e. The lowest BCUT2D eigenvalue weighted by molar-refractivity contribution is -0.181. The quantitative estimate of drug-likeness (QED) is 0.187. The van der Waals surface area contributed by atoms with Gasteiger partial charge in [-0.05, 0) is 38.7 Å². The van der Waals surface area contributed by atoms with Crippen molar-refractivity contribution in [3.05, 3.63) is 35.9 Å². The minimum absolute atomic E-state index is 0.192. The third-order valence-electron chi connectivity index (χ3n) is 8.54. The summed E-state index contributed by atoms with van der Waals surface area (Å²) >= 11 is 1.33. The minimum Gasteiger partial charge on any atom is -0.426 e. The van der Waals surface area contributed by atoms with Gasteiger partial charge in [-0.15, -0.1) is 11.8 Å². The molecule has 1 aromatic carbocycles. The van der Waals surface area contributed by atoms with Crippen LogP contribution < -0.4 is 5.32 Å². The molecule has 0 saturated carbocycles. The van der Waals surface area contributed by atoms with Crippen molar-refractivity contribution in [3.8, 4) is 0 Å². The molecule has 4 saturated heterocycles. The van der Waals surface area contributed by atoms with Crippen molar-refractivity contribution < 1.29 is 41.9 Å². The van der Waals surface area contributed by atoms with Crippen LogP contribution in [0.1, 0.15) is 66.5 Å². The average Bonchev–Trinajstić information content (AvgIpc) is 3.26. The van der Waals surface area contributed by atoms with Gasteiger partial charge in [0.15, 0.2) is 15.9 Å². The van der Waals surface area contributed by atoms with Crippen LogP contribution in [0.3, 0.4) is 0 Å². The van der Waals surface area contributed by atoms with Crippen LogP contribution in [0.25, 0.3) is 0 Å². The molecule has 3 amide bonds. The average molecular weight is 663 g/mol. The first-order valence-corrected chi connectivity index (χ1v) is 17.0. The lowest BCUT2D eigenvalue weighted by Crippen LogP contribution is -2.71. The fraction of sp³-hybridized carbons (Fsp3) is 0.600. The summed E-state index contributed by atoms with van der Waals surface area (Å²) in [6.07, 6.45) is 1.51. The number of hydrogen-bond acceptors (Lipinski definition) is 11. The van der Waals surface area contributed by atoms with Gasteiger partial charge in [0.25, 0.3) is 0 Å². The van der Waals surface area contributed by atoms with Crippen LogP contribution in [-0.2, 0) is 43.3 Å². The third kappa shape index (κ3) is 5.51. The van der Waals surface area contributed by atoms with E-state index in [0.717, 1.165) is 4.90 Å². The Kier molecular flexibility index (Phi) is 8.13. The Morgan fingerprint density at radius 2 is 1.64 bits per heavy atom. The number of nitrogens with zero attached hydrogens (tertiary/aromatic N) is 3. The van der Waals surface area contributed by atoms with E-state index in [1.165, 1.54) is 30.5 Å². The molecule has 0 spiro atoms. The van der Waals surface area contributed by atoms with Crippen molar-refractivity contribution in [2.45, 2.75) is 99.3 Å². The van der Waals surface area contributed by atoms with Crippen molar-refractivity contribution in [2.75, 3.05) is 6.79 Å². The second-order valence-electron chi connectivity index (χ2n) is 13.8. The molecular formula is C30H38N4O9S2. The first kappa shape index (κ1) is 32.9. The molecule has 6 atom stereocenters. The fourth-order valence-electron chi connectivity index (χ4n) is 6.11. The summed E-state index contributed by atoms with van der Waals surface area (Å²) in [4.78, 5) is 71.9. The number of esters is 2. The Labute approximate surface area is 266 Å². The maximum atomic E-state index is 13.4. The van der Waals surface area contributed by atoms with E-state index in [-0.39, 0.29) is 11.8 Å². The number of thioether (sulfide) groups is 1. The van der Waals surface area contributed by atoms with Gasteiger partial charge in [-0.2, -0.15) is 0 Å². The topological polar surface area (TPSA) is 169 Å². The summed E-state index contributed by atoms with van der Waals surface area (Å²) in [6.45, 7) is 11.3. The fourth-order valence-corrected chi connectivity index (χ4v) is 9.85. The van der Waals surface area contributed by atoms with Gasteiger partial charge in [0, 0.05) is 11.0 Å². The molecule has 1 N–H and O–H groups in total. The van der Waals surface area contributed by atoms with Crippen LogP contribution in [0.2, 0.25) is 0 Å². The van der Waals surface area contributed by atoms with E-state index < -0.39 is 90.7 Å². The number of fused-ring (bicyclic) bond motifs is 2. The van der Waals surface area contributed by atoms with Crippen LogP contribution in [0.4, 0.5) is 0 Å². The summed E-state index contributed by atoms with van der Waals surface area (Å²) in [7, 11) is -3.81. The van der Waals surface area contributed by atoms with Crippen LogP contribution in [0.5, 0.6) is 0 Å². The number of carbonyl (C=O) groups excluding carboxylic acids is 5. The Morgan fingerprint density at radius 3 is 2.22 bits per heavy atom. The van der Waals surface area contributed by atoms with E-state index in [1.54, 1.807) is 44.3 Å². The molecule has 45 heavy (non-hydrogen) atoms. The van der Waals surface area contributed by atoms with Gasteiger partial charge in [0.1, 0.15) is 28.9 Å². The number of ether oxygens (including phenoxy) is 2. The molecule has 15 heteroatoms. The molecule has 0 radical (unpaired) electrons. The standard InChI is InChI=1S/C30H38N4O9S2/c1-28(2,3)14-31-19(16-11-9-8-10-12-16)23(36)32-20-24(37)34-21(29(4,5)44-25(20)34)26(38)42-15-43-27(39)22-30(6,7)45(40,41)18-13-17(35)33(18)22/h8-12,14,18-22,25H,13,15H2,1-7H3,(H,32,36)/t18-,19+,20-,21+,22+,25-/m0/s1. The molecule has 0 unspecified atom stereocenters. The van der Waals surface area contributed by atoms with Gasteiger partial charge in [0.2, 0.25) is 24.5 Å². The highest BCUT2D eigenvalue weighted by molar-refractivity contribution is 8.01. The molecule has 0 aromatic heterocycles. The zero-order valence-electron chi connectivity index (χ0n) is 26.2. The summed E-state index contributed by atoms with van der Waals surface area (Å²) in [6, 6.07) is 4.85. The predicted octanol–water partition coefficient (Wildman–Crippen LogP) is 1.57. The van der Waals surface area contributed by atoms with Gasteiger partial charge < -0.3 is 24.6 Å². The number of hydrogen-bond donors (Lipinski definition) is 1. The van der Waals surface area contributed by atoms with Gasteiger partial charge in [-0.1, -0.05) is 51.1 Å². The molecule has 244 valence electrons. The number of aliphatic imine (C=N–C) groups is 1. The maximum absolute atomic E-state index is 13.4. The van der Waals surface area contributed by atoms with Gasteiger partial charge in [-0.3, -0.25) is 19.4 Å².